The predicted octanol–water partition coefficient (Wildman–Crippen LogP) is 3.89. The van der Waals surface area contributed by atoms with Crippen LogP contribution in [0.4, 0.5) is 0 Å². The lowest BCUT2D eigenvalue weighted by atomic mass is 10.2. The third-order valence-electron chi connectivity index (χ3n) is 3.74. The minimum absolute atomic E-state index is 0.0117. The molecule has 0 N–H and O–H groups in total. The monoisotopic (exact) mass is 329 g/mol. The molecule has 0 saturated carbocycles. The minimum Gasteiger partial charge on any atom is -0.457 e. The number of hydrogen-bond donors (Lipinski definition) is 0. The SMILES string of the molecule is O=C(OC[C@@H]1CCCO1)c1ccc(-c2nc3ccccc3s2)o1. The van der Waals surface area contributed by atoms with Gasteiger partial charge in [-0.15, -0.1) is 11.3 Å². The third kappa shape index (κ3) is 3.00. The molecule has 0 spiro atoms. The second kappa shape index (κ2) is 6.14. The Kier molecular flexibility index (Phi) is 3.85. The van der Waals surface area contributed by atoms with Crippen LogP contribution in [0.25, 0.3) is 21.0 Å². The molecule has 1 fully saturated rings. The van der Waals surface area contributed by atoms with E-state index in [0.717, 1.165) is 34.7 Å². The zero-order chi connectivity index (χ0) is 15.6. The standard InChI is InChI=1S/C17H15NO4S/c19-17(21-10-11-4-3-9-20-11)14-8-7-13(22-14)16-18-12-5-1-2-6-15(12)23-16/h1-2,5-8,11H,3-4,9-10H2/t11-/m0/s1. The highest BCUT2D eigenvalue weighted by atomic mass is 32.1. The van der Waals surface area contributed by atoms with Crippen molar-refractivity contribution in [3.8, 4) is 10.8 Å². The van der Waals surface area contributed by atoms with Crippen LogP contribution in [0.2, 0.25) is 0 Å². The number of benzene rings is 1. The summed E-state index contributed by atoms with van der Waals surface area (Å²) in [6.07, 6.45) is 1.96. The molecule has 0 bridgehead atoms. The first kappa shape index (κ1) is 14.4. The Labute approximate surface area is 136 Å². The normalized spacial score (nSPS) is 17.7. The van der Waals surface area contributed by atoms with Crippen molar-refractivity contribution >= 4 is 27.5 Å². The highest BCUT2D eigenvalue weighted by molar-refractivity contribution is 7.21. The molecule has 2 aromatic heterocycles. The summed E-state index contributed by atoms with van der Waals surface area (Å²) in [6, 6.07) is 11.3. The van der Waals surface area contributed by atoms with E-state index in [1.165, 1.54) is 11.3 Å². The fourth-order valence-electron chi connectivity index (χ4n) is 2.56. The van der Waals surface area contributed by atoms with Crippen molar-refractivity contribution in [2.24, 2.45) is 0 Å². The molecule has 1 atom stereocenters. The van der Waals surface area contributed by atoms with Crippen LogP contribution in [0.1, 0.15) is 23.4 Å². The summed E-state index contributed by atoms with van der Waals surface area (Å²) in [7, 11) is 0. The minimum atomic E-state index is -0.465. The van der Waals surface area contributed by atoms with Gasteiger partial charge in [0.25, 0.3) is 0 Å². The zero-order valence-corrected chi connectivity index (χ0v) is 13.2. The molecule has 0 aliphatic carbocycles. The number of fused-ring (bicyclic) bond motifs is 1. The van der Waals surface area contributed by atoms with Crippen LogP contribution in [0.3, 0.4) is 0 Å². The number of aromatic nitrogens is 1. The Morgan fingerprint density at radius 3 is 3.04 bits per heavy atom. The fourth-order valence-corrected chi connectivity index (χ4v) is 3.48. The summed E-state index contributed by atoms with van der Waals surface area (Å²) in [4.78, 5) is 16.5. The molecule has 118 valence electrons. The quantitative estimate of drug-likeness (QED) is 0.680. The second-order valence-electron chi connectivity index (χ2n) is 5.38. The van der Waals surface area contributed by atoms with Crippen LogP contribution >= 0.6 is 11.3 Å². The molecule has 4 rings (SSSR count). The van der Waals surface area contributed by atoms with Crippen molar-refractivity contribution in [1.29, 1.82) is 0 Å². The van der Waals surface area contributed by atoms with E-state index in [1.54, 1.807) is 12.1 Å². The van der Waals surface area contributed by atoms with E-state index >= 15 is 0 Å². The Morgan fingerprint density at radius 2 is 2.22 bits per heavy atom. The number of furan rings is 1. The summed E-state index contributed by atoms with van der Waals surface area (Å²) >= 11 is 1.53. The van der Waals surface area contributed by atoms with E-state index in [4.69, 9.17) is 13.9 Å². The fraction of sp³-hybridized carbons (Fsp3) is 0.294. The van der Waals surface area contributed by atoms with Gasteiger partial charge in [-0.1, -0.05) is 12.1 Å². The number of carbonyl (C=O) groups is 1. The molecule has 0 radical (unpaired) electrons. The average Bonchev–Trinajstić information content (AvgIpc) is 3.31. The van der Waals surface area contributed by atoms with Gasteiger partial charge in [0.05, 0.1) is 16.3 Å². The number of thiazole rings is 1. The molecule has 0 amide bonds. The Morgan fingerprint density at radius 1 is 1.30 bits per heavy atom. The molecular weight excluding hydrogens is 314 g/mol. The number of ether oxygens (including phenoxy) is 2. The number of para-hydroxylation sites is 1. The van der Waals surface area contributed by atoms with E-state index in [0.29, 0.717) is 5.76 Å². The first-order valence-corrected chi connectivity index (χ1v) is 8.36. The van der Waals surface area contributed by atoms with Crippen molar-refractivity contribution in [3.63, 3.8) is 0 Å². The van der Waals surface area contributed by atoms with Gasteiger partial charge in [0, 0.05) is 6.61 Å². The van der Waals surface area contributed by atoms with Crippen molar-refractivity contribution in [2.45, 2.75) is 18.9 Å². The summed E-state index contributed by atoms with van der Waals surface area (Å²) in [5.41, 5.74) is 0.923. The first-order chi connectivity index (χ1) is 11.3. The molecule has 1 aliphatic rings. The molecule has 23 heavy (non-hydrogen) atoms. The lowest BCUT2D eigenvalue weighted by Crippen LogP contribution is -2.17. The molecule has 1 aliphatic heterocycles. The van der Waals surface area contributed by atoms with E-state index in [2.05, 4.69) is 4.98 Å². The maximum atomic E-state index is 12.0. The van der Waals surface area contributed by atoms with Gasteiger partial charge in [-0.25, -0.2) is 9.78 Å². The van der Waals surface area contributed by atoms with Crippen molar-refractivity contribution in [2.75, 3.05) is 13.2 Å². The van der Waals surface area contributed by atoms with E-state index in [9.17, 15) is 4.79 Å². The number of hydrogen-bond acceptors (Lipinski definition) is 6. The van der Waals surface area contributed by atoms with Crippen LogP contribution in [0, 0.1) is 0 Å². The number of nitrogens with zero attached hydrogens (tertiary/aromatic N) is 1. The Balaban J connectivity index is 1.48. The van der Waals surface area contributed by atoms with Crippen molar-refractivity contribution in [1.82, 2.24) is 4.98 Å². The summed E-state index contributed by atoms with van der Waals surface area (Å²) in [5, 5.41) is 0.754. The van der Waals surface area contributed by atoms with Gasteiger partial charge in [-0.05, 0) is 37.1 Å². The van der Waals surface area contributed by atoms with Gasteiger partial charge in [0.15, 0.2) is 10.8 Å². The van der Waals surface area contributed by atoms with Gasteiger partial charge in [0.1, 0.15) is 6.61 Å². The molecular formula is C17H15NO4S. The van der Waals surface area contributed by atoms with Gasteiger partial charge in [-0.3, -0.25) is 0 Å². The highest BCUT2D eigenvalue weighted by Crippen LogP contribution is 2.31. The van der Waals surface area contributed by atoms with Crippen LogP contribution in [-0.4, -0.2) is 30.3 Å². The summed E-state index contributed by atoms with van der Waals surface area (Å²) in [6.45, 7) is 1.01. The van der Waals surface area contributed by atoms with Crippen molar-refractivity contribution < 1.29 is 18.7 Å². The third-order valence-corrected chi connectivity index (χ3v) is 4.79. The lowest BCUT2D eigenvalue weighted by molar-refractivity contribution is 0.0137. The predicted molar refractivity (Wildman–Crippen MR) is 86.6 cm³/mol. The average molecular weight is 329 g/mol. The zero-order valence-electron chi connectivity index (χ0n) is 12.4. The van der Waals surface area contributed by atoms with Crippen LogP contribution in [-0.2, 0) is 9.47 Å². The second-order valence-corrected chi connectivity index (χ2v) is 6.41. The smallest absolute Gasteiger partial charge is 0.374 e. The number of rotatable bonds is 4. The van der Waals surface area contributed by atoms with Gasteiger partial charge < -0.3 is 13.9 Å². The van der Waals surface area contributed by atoms with E-state index in [1.807, 2.05) is 24.3 Å². The molecule has 1 saturated heterocycles. The van der Waals surface area contributed by atoms with Crippen LogP contribution in [0.15, 0.2) is 40.8 Å². The number of carbonyl (C=O) groups excluding carboxylic acids is 1. The van der Waals surface area contributed by atoms with Gasteiger partial charge in [0.2, 0.25) is 5.76 Å². The molecule has 0 unspecified atom stereocenters. The largest absolute Gasteiger partial charge is 0.457 e. The summed E-state index contributed by atoms with van der Waals surface area (Å²) in [5.74, 6) is 0.306. The van der Waals surface area contributed by atoms with Crippen molar-refractivity contribution in [3.05, 3.63) is 42.2 Å². The molecule has 3 aromatic rings. The highest BCUT2D eigenvalue weighted by Gasteiger charge is 2.20. The molecule has 1 aromatic carbocycles. The van der Waals surface area contributed by atoms with Crippen LogP contribution < -0.4 is 0 Å². The first-order valence-electron chi connectivity index (χ1n) is 7.54. The van der Waals surface area contributed by atoms with Gasteiger partial charge in [-0.2, -0.15) is 0 Å². The molecule has 5 nitrogen and oxygen atoms in total. The lowest BCUT2D eigenvalue weighted by Gasteiger charge is -2.08. The van der Waals surface area contributed by atoms with E-state index in [-0.39, 0.29) is 18.5 Å². The van der Waals surface area contributed by atoms with E-state index < -0.39 is 5.97 Å². The van der Waals surface area contributed by atoms with Crippen LogP contribution in [0.5, 0.6) is 0 Å². The molecule has 3 heterocycles. The number of esters is 1. The molecule has 6 heteroatoms. The van der Waals surface area contributed by atoms with Gasteiger partial charge >= 0.3 is 5.97 Å². The summed E-state index contributed by atoms with van der Waals surface area (Å²) < 4.78 is 17.4. The Bertz CT molecular complexity index is 799. The topological polar surface area (TPSA) is 61.6 Å². The maximum absolute atomic E-state index is 12.0. The maximum Gasteiger partial charge on any atom is 0.374 e. The Hall–Kier alpha value is -2.18.